The molecule has 0 aliphatic carbocycles. The molecular formula is C25H18N2O6S. The smallest absolute Gasteiger partial charge is 0.338 e. The molecule has 34 heavy (non-hydrogen) atoms. The van der Waals surface area contributed by atoms with Crippen LogP contribution < -0.4 is 4.90 Å². The number of nitrogens with zero attached hydrogens (tertiary/aromatic N) is 2. The normalized spacial score (nSPS) is 13.2. The van der Waals surface area contributed by atoms with Gasteiger partial charge >= 0.3 is 5.97 Å². The summed E-state index contributed by atoms with van der Waals surface area (Å²) in [4.78, 5) is 39.0. The van der Waals surface area contributed by atoms with Gasteiger partial charge in [0.25, 0.3) is 5.91 Å². The SMILES string of the molecule is N#CCCN(C(=O)COC(=O)c1ccc2c(c1)S(=O)(=O)c1ccccc1C2=O)c1ccccc1. The lowest BCUT2D eigenvalue weighted by Gasteiger charge is -2.22. The van der Waals surface area contributed by atoms with Crippen LogP contribution in [0.15, 0.2) is 82.6 Å². The molecule has 8 nitrogen and oxygen atoms in total. The monoisotopic (exact) mass is 474 g/mol. The van der Waals surface area contributed by atoms with Gasteiger partial charge in [-0.3, -0.25) is 9.59 Å². The van der Waals surface area contributed by atoms with Crippen LogP contribution >= 0.6 is 0 Å². The topological polar surface area (TPSA) is 122 Å². The lowest BCUT2D eigenvalue weighted by Crippen LogP contribution is -2.35. The van der Waals surface area contributed by atoms with Crippen LogP contribution in [0.4, 0.5) is 5.69 Å². The summed E-state index contributed by atoms with van der Waals surface area (Å²) in [5, 5.41) is 8.88. The zero-order chi connectivity index (χ0) is 24.3. The number of benzene rings is 3. The second-order valence-corrected chi connectivity index (χ2v) is 9.29. The quantitative estimate of drug-likeness (QED) is 0.394. The van der Waals surface area contributed by atoms with Crippen LogP contribution in [0.25, 0.3) is 0 Å². The molecule has 3 aromatic carbocycles. The average molecular weight is 474 g/mol. The number of ether oxygens (including phenoxy) is 1. The number of fused-ring (bicyclic) bond motifs is 2. The van der Waals surface area contributed by atoms with Crippen molar-refractivity contribution in [1.82, 2.24) is 0 Å². The van der Waals surface area contributed by atoms with Crippen molar-refractivity contribution in [2.24, 2.45) is 0 Å². The predicted octanol–water partition coefficient (Wildman–Crippen LogP) is 3.17. The molecule has 0 spiro atoms. The highest BCUT2D eigenvalue weighted by molar-refractivity contribution is 7.91. The van der Waals surface area contributed by atoms with E-state index in [9.17, 15) is 22.8 Å². The molecule has 1 aliphatic heterocycles. The maximum Gasteiger partial charge on any atom is 0.338 e. The molecule has 0 unspecified atom stereocenters. The highest BCUT2D eigenvalue weighted by Crippen LogP contribution is 2.34. The first kappa shape index (κ1) is 22.9. The lowest BCUT2D eigenvalue weighted by molar-refractivity contribution is -0.121. The van der Waals surface area contributed by atoms with Gasteiger partial charge in [0.05, 0.1) is 27.8 Å². The molecule has 0 atom stereocenters. The van der Waals surface area contributed by atoms with E-state index in [0.717, 1.165) is 6.07 Å². The molecular weight excluding hydrogens is 456 g/mol. The van der Waals surface area contributed by atoms with Crippen molar-refractivity contribution in [3.63, 3.8) is 0 Å². The van der Waals surface area contributed by atoms with Crippen molar-refractivity contribution in [3.8, 4) is 6.07 Å². The van der Waals surface area contributed by atoms with E-state index >= 15 is 0 Å². The minimum atomic E-state index is -4.02. The fraction of sp³-hybridized carbons (Fsp3) is 0.120. The highest BCUT2D eigenvalue weighted by Gasteiger charge is 2.35. The number of carbonyl (C=O) groups excluding carboxylic acids is 3. The molecule has 0 bridgehead atoms. The number of hydrogen-bond donors (Lipinski definition) is 0. The van der Waals surface area contributed by atoms with Crippen LogP contribution in [0.2, 0.25) is 0 Å². The summed E-state index contributed by atoms with van der Waals surface area (Å²) in [6.45, 7) is -0.486. The number of nitriles is 1. The van der Waals surface area contributed by atoms with E-state index in [1.165, 1.54) is 35.2 Å². The molecule has 0 N–H and O–H groups in total. The number of rotatable bonds is 6. The summed E-state index contributed by atoms with van der Waals surface area (Å²) < 4.78 is 31.2. The first-order chi connectivity index (χ1) is 16.3. The Kier molecular flexibility index (Phi) is 6.25. The minimum Gasteiger partial charge on any atom is -0.452 e. The Hall–Kier alpha value is -4.29. The van der Waals surface area contributed by atoms with Crippen LogP contribution in [0.1, 0.15) is 32.7 Å². The molecule has 1 heterocycles. The van der Waals surface area contributed by atoms with Crippen molar-refractivity contribution < 1.29 is 27.5 Å². The lowest BCUT2D eigenvalue weighted by atomic mass is 10.0. The summed E-state index contributed by atoms with van der Waals surface area (Å²) in [7, 11) is -4.02. The Morgan fingerprint density at radius 2 is 1.59 bits per heavy atom. The first-order valence-corrected chi connectivity index (χ1v) is 11.8. The number of sulfone groups is 1. The molecule has 1 amide bonds. The Morgan fingerprint density at radius 3 is 2.32 bits per heavy atom. The molecule has 0 saturated carbocycles. The largest absolute Gasteiger partial charge is 0.452 e. The zero-order valence-electron chi connectivity index (χ0n) is 17.8. The van der Waals surface area contributed by atoms with Gasteiger partial charge in [0.2, 0.25) is 9.84 Å². The van der Waals surface area contributed by atoms with Crippen molar-refractivity contribution in [3.05, 3.63) is 89.5 Å². The molecule has 3 aromatic rings. The number of amides is 1. The first-order valence-electron chi connectivity index (χ1n) is 10.3. The average Bonchev–Trinajstić information content (AvgIpc) is 2.86. The van der Waals surface area contributed by atoms with E-state index in [1.54, 1.807) is 36.4 Å². The van der Waals surface area contributed by atoms with Crippen molar-refractivity contribution in [2.75, 3.05) is 18.1 Å². The third-order valence-corrected chi connectivity index (χ3v) is 7.17. The van der Waals surface area contributed by atoms with Crippen LogP contribution in [-0.4, -0.2) is 39.2 Å². The van der Waals surface area contributed by atoms with Gasteiger partial charge < -0.3 is 9.64 Å². The van der Waals surface area contributed by atoms with Crippen molar-refractivity contribution >= 4 is 33.2 Å². The van der Waals surface area contributed by atoms with Gasteiger partial charge in [0.15, 0.2) is 12.4 Å². The van der Waals surface area contributed by atoms with Crippen LogP contribution in [0.3, 0.4) is 0 Å². The molecule has 170 valence electrons. The number of para-hydroxylation sites is 1. The van der Waals surface area contributed by atoms with Gasteiger partial charge in [-0.1, -0.05) is 30.3 Å². The van der Waals surface area contributed by atoms with E-state index < -0.39 is 34.1 Å². The summed E-state index contributed by atoms with van der Waals surface area (Å²) in [6.07, 6.45) is 0.0900. The standard InChI is InChI=1S/C25H18N2O6S/c26-13-6-14-27(18-7-2-1-3-8-18)23(28)16-33-25(30)17-11-12-20-22(15-17)34(31,32)21-10-5-4-9-19(21)24(20)29/h1-5,7-12,15H,6,14,16H2. The van der Waals surface area contributed by atoms with E-state index in [0.29, 0.717) is 5.69 Å². The predicted molar refractivity (Wildman–Crippen MR) is 121 cm³/mol. The van der Waals surface area contributed by atoms with E-state index in [-0.39, 0.29) is 39.4 Å². The number of ketones is 1. The molecule has 1 aliphatic rings. The Bertz CT molecular complexity index is 1440. The molecule has 0 aromatic heterocycles. The molecule has 0 saturated heterocycles. The Morgan fingerprint density at radius 1 is 0.912 bits per heavy atom. The maximum absolute atomic E-state index is 13.0. The van der Waals surface area contributed by atoms with E-state index in [2.05, 4.69) is 0 Å². The summed E-state index contributed by atoms with van der Waals surface area (Å²) in [6, 6.07) is 20.2. The van der Waals surface area contributed by atoms with Crippen LogP contribution in [0.5, 0.6) is 0 Å². The summed E-state index contributed by atoms with van der Waals surface area (Å²) in [5.41, 5.74) is 0.494. The van der Waals surface area contributed by atoms with E-state index in [1.807, 2.05) is 6.07 Å². The second kappa shape index (κ2) is 9.29. The minimum absolute atomic E-state index is 0.0296. The van der Waals surface area contributed by atoms with Crippen LogP contribution in [0, 0.1) is 11.3 Å². The number of carbonyl (C=O) groups is 3. The van der Waals surface area contributed by atoms with Gasteiger partial charge in [0.1, 0.15) is 0 Å². The third-order valence-electron chi connectivity index (χ3n) is 5.32. The Balaban J connectivity index is 1.55. The van der Waals surface area contributed by atoms with Gasteiger partial charge in [-0.05, 0) is 42.5 Å². The summed E-state index contributed by atoms with van der Waals surface area (Å²) in [5.74, 6) is -1.90. The number of esters is 1. The van der Waals surface area contributed by atoms with Crippen molar-refractivity contribution in [1.29, 1.82) is 5.26 Å². The fourth-order valence-corrected chi connectivity index (χ4v) is 5.34. The molecule has 0 radical (unpaired) electrons. The molecule has 4 rings (SSSR count). The number of hydrogen-bond acceptors (Lipinski definition) is 7. The van der Waals surface area contributed by atoms with Gasteiger partial charge in [0, 0.05) is 23.4 Å². The second-order valence-electron chi connectivity index (χ2n) is 7.40. The number of anilines is 1. The molecule has 0 fully saturated rings. The Labute approximate surface area is 195 Å². The van der Waals surface area contributed by atoms with Gasteiger partial charge in [-0.2, -0.15) is 5.26 Å². The molecule has 9 heteroatoms. The summed E-state index contributed by atoms with van der Waals surface area (Å²) >= 11 is 0. The van der Waals surface area contributed by atoms with Gasteiger partial charge in [-0.25, -0.2) is 13.2 Å². The van der Waals surface area contributed by atoms with Crippen LogP contribution in [-0.2, 0) is 19.4 Å². The van der Waals surface area contributed by atoms with Gasteiger partial charge in [-0.15, -0.1) is 0 Å². The third kappa shape index (κ3) is 4.19. The fourth-order valence-electron chi connectivity index (χ4n) is 3.67. The maximum atomic E-state index is 13.0. The van der Waals surface area contributed by atoms with Crippen molar-refractivity contribution in [2.45, 2.75) is 16.2 Å². The van der Waals surface area contributed by atoms with E-state index in [4.69, 9.17) is 10.00 Å². The zero-order valence-corrected chi connectivity index (χ0v) is 18.6. The highest BCUT2D eigenvalue weighted by atomic mass is 32.2.